The molecule has 34 heavy (non-hydrogen) atoms. The van der Waals surface area contributed by atoms with Crippen molar-refractivity contribution in [2.75, 3.05) is 31.2 Å². The van der Waals surface area contributed by atoms with Crippen molar-refractivity contribution >= 4 is 11.7 Å². The zero-order valence-electron chi connectivity index (χ0n) is 19.6. The van der Waals surface area contributed by atoms with E-state index in [4.69, 9.17) is 9.47 Å². The van der Waals surface area contributed by atoms with E-state index < -0.39 is 17.2 Å². The first-order valence-electron chi connectivity index (χ1n) is 11.1. The van der Waals surface area contributed by atoms with Gasteiger partial charge in [0.25, 0.3) is 0 Å². The van der Waals surface area contributed by atoms with Crippen LogP contribution in [0.3, 0.4) is 0 Å². The van der Waals surface area contributed by atoms with Crippen molar-refractivity contribution in [1.82, 2.24) is 0 Å². The molecule has 0 saturated carbocycles. The normalized spacial score (nSPS) is 14.2. The minimum absolute atomic E-state index is 0. The van der Waals surface area contributed by atoms with Gasteiger partial charge in [-0.1, -0.05) is 49.4 Å². The summed E-state index contributed by atoms with van der Waals surface area (Å²) >= 11 is 0. The third kappa shape index (κ3) is 6.32. The van der Waals surface area contributed by atoms with Gasteiger partial charge in [-0.25, -0.2) is 4.39 Å². The third-order valence-electron chi connectivity index (χ3n) is 6.00. The van der Waals surface area contributed by atoms with Crippen LogP contribution in [-0.2, 0) is 17.6 Å². The van der Waals surface area contributed by atoms with Gasteiger partial charge in [-0.05, 0) is 54.3 Å². The molecule has 1 heterocycles. The molecule has 1 atom stereocenters. The SMILES string of the molecule is CC(Cc1ccc(OCCN2CCOc3ccccc32)cc1)(Cc1ccccc1F)C(=O)[O-].[Na+]. The predicted octanol–water partition coefficient (Wildman–Crippen LogP) is 0.649. The number of halogens is 1. The molecule has 0 radical (unpaired) electrons. The first-order chi connectivity index (χ1) is 15.9. The Balaban J connectivity index is 0.00000324. The van der Waals surface area contributed by atoms with Crippen molar-refractivity contribution in [3.63, 3.8) is 0 Å². The summed E-state index contributed by atoms with van der Waals surface area (Å²) in [5.41, 5.74) is 1.04. The molecule has 0 N–H and O–H groups in total. The van der Waals surface area contributed by atoms with Gasteiger partial charge in [-0.3, -0.25) is 0 Å². The Bertz CT molecular complexity index is 1110. The van der Waals surface area contributed by atoms with Crippen LogP contribution in [0.1, 0.15) is 18.1 Å². The van der Waals surface area contributed by atoms with Crippen molar-refractivity contribution in [3.8, 4) is 11.5 Å². The Hall–Kier alpha value is -2.54. The van der Waals surface area contributed by atoms with Gasteiger partial charge >= 0.3 is 29.6 Å². The molecule has 0 spiro atoms. The summed E-state index contributed by atoms with van der Waals surface area (Å²) in [7, 11) is 0. The Morgan fingerprint density at radius 1 is 1.06 bits per heavy atom. The van der Waals surface area contributed by atoms with E-state index in [0.717, 1.165) is 30.1 Å². The quantitative estimate of drug-likeness (QED) is 0.429. The van der Waals surface area contributed by atoms with E-state index >= 15 is 0 Å². The number of rotatable bonds is 9. The van der Waals surface area contributed by atoms with Crippen LogP contribution in [0.5, 0.6) is 11.5 Å². The molecule has 1 aliphatic rings. The molecule has 3 aromatic carbocycles. The number of para-hydroxylation sites is 2. The fourth-order valence-electron chi connectivity index (χ4n) is 4.16. The van der Waals surface area contributed by atoms with Gasteiger partial charge in [0, 0.05) is 11.4 Å². The van der Waals surface area contributed by atoms with Gasteiger partial charge in [0.15, 0.2) is 0 Å². The van der Waals surface area contributed by atoms with Crippen LogP contribution in [0.4, 0.5) is 10.1 Å². The first-order valence-corrected chi connectivity index (χ1v) is 11.1. The summed E-state index contributed by atoms with van der Waals surface area (Å²) in [6, 6.07) is 21.6. The van der Waals surface area contributed by atoms with Crippen molar-refractivity contribution < 1.29 is 53.3 Å². The van der Waals surface area contributed by atoms with Gasteiger partial charge in [-0.2, -0.15) is 0 Å². The standard InChI is InChI=1S/C27H28FNO4.Na/c1-27(26(30)31,19-21-6-2-3-7-23(21)28)18-20-10-12-22(13-11-20)32-16-14-29-15-17-33-25-9-5-4-8-24(25)29;/h2-13H,14-19H2,1H3,(H,30,31);/q;+1/p-1. The van der Waals surface area contributed by atoms with Gasteiger partial charge in [0.2, 0.25) is 0 Å². The first kappa shape index (κ1) is 26.1. The molecule has 3 aromatic rings. The van der Waals surface area contributed by atoms with Crippen molar-refractivity contribution in [1.29, 1.82) is 0 Å². The molecule has 5 nitrogen and oxygen atoms in total. The fraction of sp³-hybridized carbons (Fsp3) is 0.296. The second-order valence-corrected chi connectivity index (χ2v) is 8.59. The molecule has 7 heteroatoms. The summed E-state index contributed by atoms with van der Waals surface area (Å²) in [4.78, 5) is 14.2. The average Bonchev–Trinajstić information content (AvgIpc) is 2.82. The monoisotopic (exact) mass is 471 g/mol. The van der Waals surface area contributed by atoms with Gasteiger partial charge in [0.05, 0.1) is 18.8 Å². The molecular weight excluding hydrogens is 444 g/mol. The van der Waals surface area contributed by atoms with E-state index in [1.54, 1.807) is 25.1 Å². The number of carbonyl (C=O) groups is 1. The maximum absolute atomic E-state index is 14.1. The van der Waals surface area contributed by atoms with E-state index in [2.05, 4.69) is 4.90 Å². The number of carbonyl (C=O) groups excluding carboxylic acids is 1. The van der Waals surface area contributed by atoms with Crippen LogP contribution in [-0.4, -0.2) is 32.3 Å². The number of carboxylic acid groups (broad SMARTS) is 1. The molecule has 0 amide bonds. The van der Waals surface area contributed by atoms with Crippen LogP contribution >= 0.6 is 0 Å². The molecule has 0 aliphatic carbocycles. The average molecular weight is 472 g/mol. The number of aliphatic carboxylic acids is 1. The van der Waals surface area contributed by atoms with Crippen molar-refractivity contribution in [2.24, 2.45) is 5.41 Å². The van der Waals surface area contributed by atoms with E-state index in [1.165, 1.54) is 6.07 Å². The Morgan fingerprint density at radius 2 is 1.76 bits per heavy atom. The van der Waals surface area contributed by atoms with E-state index in [0.29, 0.717) is 24.5 Å². The number of carboxylic acids is 1. The Labute approximate surface area is 221 Å². The maximum atomic E-state index is 14.1. The van der Waals surface area contributed by atoms with E-state index in [1.807, 2.05) is 48.5 Å². The number of nitrogens with zero attached hydrogens (tertiary/aromatic N) is 1. The molecule has 172 valence electrons. The number of anilines is 1. The Kier molecular flexibility index (Phi) is 9.00. The van der Waals surface area contributed by atoms with Gasteiger partial charge < -0.3 is 24.3 Å². The van der Waals surface area contributed by atoms with Crippen LogP contribution in [0.15, 0.2) is 72.8 Å². The van der Waals surface area contributed by atoms with E-state index in [-0.39, 0.29) is 42.4 Å². The number of hydrogen-bond acceptors (Lipinski definition) is 5. The van der Waals surface area contributed by atoms with Crippen LogP contribution in [0.25, 0.3) is 0 Å². The summed E-state index contributed by atoms with van der Waals surface area (Å²) in [5, 5.41) is 11.9. The fourth-order valence-corrected chi connectivity index (χ4v) is 4.16. The van der Waals surface area contributed by atoms with Crippen LogP contribution < -0.4 is 49.0 Å². The summed E-state index contributed by atoms with van der Waals surface area (Å²) in [5.74, 6) is -0.00232. The van der Waals surface area contributed by atoms with Gasteiger partial charge in [-0.15, -0.1) is 0 Å². The third-order valence-corrected chi connectivity index (χ3v) is 6.00. The number of benzene rings is 3. The molecule has 1 unspecified atom stereocenters. The Morgan fingerprint density at radius 3 is 2.50 bits per heavy atom. The summed E-state index contributed by atoms with van der Waals surface area (Å²) in [6.45, 7) is 4.30. The summed E-state index contributed by atoms with van der Waals surface area (Å²) < 4.78 is 25.7. The van der Waals surface area contributed by atoms with Crippen LogP contribution in [0.2, 0.25) is 0 Å². The summed E-state index contributed by atoms with van der Waals surface area (Å²) in [6.07, 6.45) is 0.287. The minimum atomic E-state index is -1.23. The smallest absolute Gasteiger partial charge is 0.550 e. The molecule has 0 bridgehead atoms. The second-order valence-electron chi connectivity index (χ2n) is 8.59. The van der Waals surface area contributed by atoms with Crippen molar-refractivity contribution in [2.45, 2.75) is 19.8 Å². The van der Waals surface area contributed by atoms with Crippen molar-refractivity contribution in [3.05, 3.63) is 89.7 Å². The van der Waals surface area contributed by atoms with E-state index in [9.17, 15) is 14.3 Å². The topological polar surface area (TPSA) is 61.8 Å². The van der Waals surface area contributed by atoms with Crippen LogP contribution in [0, 0.1) is 11.2 Å². The molecule has 0 aromatic heterocycles. The molecule has 0 fully saturated rings. The largest absolute Gasteiger partial charge is 1.00 e. The zero-order valence-corrected chi connectivity index (χ0v) is 21.6. The molecule has 0 saturated heterocycles. The number of hydrogen-bond donors (Lipinski definition) is 0. The second kappa shape index (κ2) is 11.7. The molecule has 1 aliphatic heterocycles. The molecular formula is C27H27FNNaO4. The number of ether oxygens (including phenoxy) is 2. The molecule has 4 rings (SSSR count). The maximum Gasteiger partial charge on any atom is 1.00 e. The number of fused-ring (bicyclic) bond motifs is 1. The predicted molar refractivity (Wildman–Crippen MR) is 123 cm³/mol. The minimum Gasteiger partial charge on any atom is -0.550 e. The van der Waals surface area contributed by atoms with Gasteiger partial charge in [0.1, 0.15) is 30.5 Å². The zero-order chi connectivity index (χ0) is 23.3.